The van der Waals surface area contributed by atoms with Crippen molar-refractivity contribution in [1.29, 1.82) is 0 Å². The summed E-state index contributed by atoms with van der Waals surface area (Å²) < 4.78 is 26.4. The van der Waals surface area contributed by atoms with E-state index >= 15 is 0 Å². The monoisotopic (exact) mass is 236 g/mol. The zero-order valence-corrected chi connectivity index (χ0v) is 11.0. The van der Waals surface area contributed by atoms with Crippen LogP contribution in [0.2, 0.25) is 0 Å². The molecule has 0 aromatic rings. The molecule has 5 nitrogen and oxygen atoms in total. The molecule has 6 heteroatoms. The van der Waals surface area contributed by atoms with E-state index in [1.54, 1.807) is 34.6 Å². The maximum Gasteiger partial charge on any atom is 0.303 e. The summed E-state index contributed by atoms with van der Waals surface area (Å²) in [5.41, 5.74) is -0.717. The minimum atomic E-state index is -3.71. The average Bonchev–Trinajstić information content (AvgIpc) is 2.00. The van der Waals surface area contributed by atoms with Gasteiger partial charge in [-0.25, -0.2) is 4.72 Å². The van der Waals surface area contributed by atoms with Gasteiger partial charge in [0.2, 0.25) is 5.91 Å². The highest BCUT2D eigenvalue weighted by atomic mass is 32.2. The van der Waals surface area contributed by atoms with Gasteiger partial charge in [0.25, 0.3) is 0 Å². The zero-order valence-electron chi connectivity index (χ0n) is 10.2. The normalized spacial score (nSPS) is 13.3. The zero-order chi connectivity index (χ0) is 12.4. The molecule has 0 aliphatic heterocycles. The maximum atomic E-state index is 11.6. The summed E-state index contributed by atoms with van der Waals surface area (Å²) in [7, 11) is -2.27. The Morgan fingerprint density at radius 2 is 1.67 bits per heavy atom. The Morgan fingerprint density at radius 1 is 1.27 bits per heavy atom. The van der Waals surface area contributed by atoms with E-state index in [1.165, 1.54) is 7.05 Å². The van der Waals surface area contributed by atoms with Gasteiger partial charge < -0.3 is 0 Å². The Morgan fingerprint density at radius 3 is 1.93 bits per heavy atom. The first-order valence-corrected chi connectivity index (χ1v) is 6.22. The third-order valence-electron chi connectivity index (χ3n) is 2.01. The average molecular weight is 236 g/mol. The second-order valence-electron chi connectivity index (χ2n) is 4.80. The third-order valence-corrected chi connectivity index (χ3v) is 3.63. The number of hydrogen-bond acceptors (Lipinski definition) is 3. The molecule has 0 aromatic heterocycles. The Labute approximate surface area is 92.0 Å². The summed E-state index contributed by atoms with van der Waals surface area (Å²) in [5.74, 6) is -0.505. The molecule has 1 amide bonds. The van der Waals surface area contributed by atoms with Crippen molar-refractivity contribution in [3.05, 3.63) is 0 Å². The molecule has 0 spiro atoms. The highest BCUT2D eigenvalue weighted by Crippen LogP contribution is 2.14. The number of nitrogens with one attached hydrogen (secondary N) is 1. The predicted octanol–water partition coefficient (Wildman–Crippen LogP) is 0.734. The largest absolute Gasteiger partial charge is 0.303 e. The molecule has 0 aliphatic carbocycles. The van der Waals surface area contributed by atoms with E-state index in [4.69, 9.17) is 0 Å². The molecule has 0 radical (unpaired) electrons. The molecule has 90 valence electrons. The molecule has 0 heterocycles. The summed E-state index contributed by atoms with van der Waals surface area (Å²) in [6.45, 7) is 8.45. The van der Waals surface area contributed by atoms with E-state index in [1.807, 2.05) is 4.72 Å². The van der Waals surface area contributed by atoms with Gasteiger partial charge in [-0.05, 0) is 13.8 Å². The fraction of sp³-hybridized carbons (Fsp3) is 0.889. The lowest BCUT2D eigenvalue weighted by Crippen LogP contribution is -2.47. The lowest BCUT2D eigenvalue weighted by atomic mass is 9.96. The van der Waals surface area contributed by atoms with Crippen molar-refractivity contribution in [1.82, 2.24) is 9.03 Å². The van der Waals surface area contributed by atoms with E-state index in [0.717, 1.165) is 4.31 Å². The van der Waals surface area contributed by atoms with E-state index in [9.17, 15) is 13.2 Å². The standard InChI is InChI=1S/C9H20N2O3S/c1-7(2)11(6)15(13,14)10-8(12)9(3,4)5/h7H,1-6H3,(H,10,12). The van der Waals surface area contributed by atoms with Crippen molar-refractivity contribution in [2.75, 3.05) is 7.05 Å². The van der Waals surface area contributed by atoms with Crippen LogP contribution in [0.5, 0.6) is 0 Å². The van der Waals surface area contributed by atoms with Crippen LogP contribution in [0.3, 0.4) is 0 Å². The van der Waals surface area contributed by atoms with Crippen molar-refractivity contribution in [2.24, 2.45) is 5.41 Å². The molecule has 0 unspecified atom stereocenters. The highest BCUT2D eigenvalue weighted by Gasteiger charge is 2.29. The second-order valence-corrected chi connectivity index (χ2v) is 6.53. The van der Waals surface area contributed by atoms with Gasteiger partial charge in [0.05, 0.1) is 0 Å². The van der Waals surface area contributed by atoms with Crippen LogP contribution in [0.4, 0.5) is 0 Å². The Kier molecular flexibility index (Phi) is 4.30. The van der Waals surface area contributed by atoms with E-state index in [0.29, 0.717) is 0 Å². The molecule has 0 bridgehead atoms. The highest BCUT2D eigenvalue weighted by molar-refractivity contribution is 7.87. The van der Waals surface area contributed by atoms with Gasteiger partial charge in [-0.2, -0.15) is 12.7 Å². The number of amides is 1. The van der Waals surface area contributed by atoms with Gasteiger partial charge in [-0.1, -0.05) is 20.8 Å². The van der Waals surface area contributed by atoms with Gasteiger partial charge in [0.15, 0.2) is 0 Å². The molecule has 0 saturated carbocycles. The number of carbonyl (C=O) groups excluding carboxylic acids is 1. The quantitative estimate of drug-likeness (QED) is 0.785. The lowest BCUT2D eigenvalue weighted by Gasteiger charge is -2.24. The minimum Gasteiger partial charge on any atom is -0.273 e. The lowest BCUT2D eigenvalue weighted by molar-refractivity contribution is -0.126. The van der Waals surface area contributed by atoms with Gasteiger partial charge in [0, 0.05) is 18.5 Å². The first-order valence-electron chi connectivity index (χ1n) is 4.78. The van der Waals surface area contributed by atoms with Crippen molar-refractivity contribution < 1.29 is 13.2 Å². The molecule has 0 aromatic carbocycles. The summed E-state index contributed by atoms with van der Waals surface area (Å²) >= 11 is 0. The fourth-order valence-corrected chi connectivity index (χ4v) is 1.86. The summed E-state index contributed by atoms with van der Waals surface area (Å²) in [5, 5.41) is 0. The summed E-state index contributed by atoms with van der Waals surface area (Å²) in [6, 6.07) is -0.185. The molecular formula is C9H20N2O3S. The molecule has 0 fully saturated rings. The first kappa shape index (κ1) is 14.4. The molecule has 0 aliphatic rings. The summed E-state index contributed by atoms with van der Waals surface area (Å²) in [6.07, 6.45) is 0. The second kappa shape index (κ2) is 4.49. The minimum absolute atomic E-state index is 0.185. The maximum absolute atomic E-state index is 11.6. The Balaban J connectivity index is 4.75. The van der Waals surface area contributed by atoms with Crippen LogP contribution in [-0.4, -0.2) is 31.7 Å². The van der Waals surface area contributed by atoms with Crippen LogP contribution < -0.4 is 4.72 Å². The Hall–Kier alpha value is -0.620. The van der Waals surface area contributed by atoms with Crippen molar-refractivity contribution in [2.45, 2.75) is 40.7 Å². The Bertz CT molecular complexity index is 328. The number of carbonyl (C=O) groups is 1. The SMILES string of the molecule is CC(C)N(C)S(=O)(=O)NC(=O)C(C)(C)C. The van der Waals surface area contributed by atoms with Gasteiger partial charge in [-0.3, -0.25) is 4.79 Å². The first-order chi connectivity index (χ1) is 6.48. The topological polar surface area (TPSA) is 66.5 Å². The number of hydrogen-bond donors (Lipinski definition) is 1. The van der Waals surface area contributed by atoms with E-state index in [-0.39, 0.29) is 6.04 Å². The van der Waals surface area contributed by atoms with Crippen LogP contribution in [0, 0.1) is 5.41 Å². The van der Waals surface area contributed by atoms with Crippen LogP contribution in [0.15, 0.2) is 0 Å². The van der Waals surface area contributed by atoms with Crippen LogP contribution in [0.25, 0.3) is 0 Å². The third kappa shape index (κ3) is 4.17. The van der Waals surface area contributed by atoms with Crippen LogP contribution in [-0.2, 0) is 15.0 Å². The number of rotatable bonds is 3. The van der Waals surface area contributed by atoms with Gasteiger partial charge in [0.1, 0.15) is 0 Å². The van der Waals surface area contributed by atoms with Crippen LogP contribution in [0.1, 0.15) is 34.6 Å². The van der Waals surface area contributed by atoms with E-state index < -0.39 is 21.5 Å². The van der Waals surface area contributed by atoms with Crippen molar-refractivity contribution in [3.63, 3.8) is 0 Å². The fourth-order valence-electron chi connectivity index (χ4n) is 0.620. The van der Waals surface area contributed by atoms with Crippen molar-refractivity contribution >= 4 is 16.1 Å². The number of nitrogens with zero attached hydrogens (tertiary/aromatic N) is 1. The van der Waals surface area contributed by atoms with Crippen LogP contribution >= 0.6 is 0 Å². The predicted molar refractivity (Wildman–Crippen MR) is 59.4 cm³/mol. The summed E-state index contributed by atoms with van der Waals surface area (Å²) in [4.78, 5) is 11.5. The molecular weight excluding hydrogens is 216 g/mol. The van der Waals surface area contributed by atoms with Gasteiger partial charge >= 0.3 is 10.2 Å². The molecule has 0 saturated heterocycles. The molecule has 15 heavy (non-hydrogen) atoms. The van der Waals surface area contributed by atoms with Crippen molar-refractivity contribution in [3.8, 4) is 0 Å². The van der Waals surface area contributed by atoms with Gasteiger partial charge in [-0.15, -0.1) is 0 Å². The smallest absolute Gasteiger partial charge is 0.273 e. The molecule has 0 rings (SSSR count). The molecule has 0 atom stereocenters. The molecule has 1 N–H and O–H groups in total. The van der Waals surface area contributed by atoms with E-state index in [2.05, 4.69) is 0 Å².